The molecule has 0 saturated carbocycles. The maximum absolute atomic E-state index is 11.9. The first kappa shape index (κ1) is 11.7. The van der Waals surface area contributed by atoms with Crippen LogP contribution in [0.1, 0.15) is 18.4 Å². The molecule has 1 aliphatic rings. The van der Waals surface area contributed by atoms with Crippen molar-refractivity contribution in [3.8, 4) is 12.3 Å². The van der Waals surface area contributed by atoms with Crippen LogP contribution in [-0.2, 0) is 9.53 Å². The Hall–Kier alpha value is -1.79. The molecule has 0 radical (unpaired) electrons. The molecular formula is C14H15NO2. The predicted octanol–water partition coefficient (Wildman–Crippen LogP) is 2.03. The standard InChI is InChI=1S/C14H15NO2/c1-2-11-4-3-5-13(10-11)15-14(16)12-6-8-17-9-7-12/h1,3-5,10,12H,6-9H2,(H,15,16). The topological polar surface area (TPSA) is 38.3 Å². The molecule has 1 aliphatic heterocycles. The van der Waals surface area contributed by atoms with Gasteiger partial charge in [-0.2, -0.15) is 0 Å². The highest BCUT2D eigenvalue weighted by Crippen LogP contribution is 2.18. The lowest BCUT2D eigenvalue weighted by Crippen LogP contribution is -2.28. The van der Waals surface area contributed by atoms with Crippen molar-refractivity contribution in [3.63, 3.8) is 0 Å². The van der Waals surface area contributed by atoms with Crippen molar-refractivity contribution >= 4 is 11.6 Å². The first-order valence-corrected chi connectivity index (χ1v) is 5.75. The van der Waals surface area contributed by atoms with Crippen molar-refractivity contribution < 1.29 is 9.53 Å². The summed E-state index contributed by atoms with van der Waals surface area (Å²) in [4.78, 5) is 11.9. The van der Waals surface area contributed by atoms with Gasteiger partial charge in [-0.3, -0.25) is 4.79 Å². The van der Waals surface area contributed by atoms with Gasteiger partial charge in [-0.05, 0) is 31.0 Å². The number of carbonyl (C=O) groups excluding carboxylic acids is 1. The van der Waals surface area contributed by atoms with E-state index in [9.17, 15) is 4.79 Å². The summed E-state index contributed by atoms with van der Waals surface area (Å²) in [5.41, 5.74) is 1.53. The van der Waals surface area contributed by atoms with Crippen LogP contribution in [0.2, 0.25) is 0 Å². The fourth-order valence-electron chi connectivity index (χ4n) is 1.89. The lowest BCUT2D eigenvalue weighted by atomic mass is 9.99. The van der Waals surface area contributed by atoms with Gasteiger partial charge in [0.25, 0.3) is 0 Å². The molecule has 1 heterocycles. The Morgan fingerprint density at radius 2 is 2.18 bits per heavy atom. The second-order valence-corrected chi connectivity index (χ2v) is 4.10. The molecule has 2 rings (SSSR count). The molecule has 3 nitrogen and oxygen atoms in total. The zero-order valence-electron chi connectivity index (χ0n) is 9.61. The molecule has 1 amide bonds. The Morgan fingerprint density at radius 3 is 2.88 bits per heavy atom. The van der Waals surface area contributed by atoms with Crippen LogP contribution in [0.25, 0.3) is 0 Å². The second kappa shape index (κ2) is 5.51. The van der Waals surface area contributed by atoms with Crippen LogP contribution in [0.3, 0.4) is 0 Å². The van der Waals surface area contributed by atoms with Crippen molar-refractivity contribution in [1.82, 2.24) is 0 Å². The molecule has 0 atom stereocenters. The fourth-order valence-corrected chi connectivity index (χ4v) is 1.89. The number of rotatable bonds is 2. The lowest BCUT2D eigenvalue weighted by Gasteiger charge is -2.21. The summed E-state index contributed by atoms with van der Waals surface area (Å²) in [6.07, 6.45) is 6.90. The molecular weight excluding hydrogens is 214 g/mol. The molecule has 3 heteroatoms. The Balaban J connectivity index is 1.99. The van der Waals surface area contributed by atoms with E-state index in [2.05, 4.69) is 11.2 Å². The average Bonchev–Trinajstić information content (AvgIpc) is 2.40. The van der Waals surface area contributed by atoms with Crippen molar-refractivity contribution in [2.24, 2.45) is 5.92 Å². The van der Waals surface area contributed by atoms with Gasteiger partial charge in [0.1, 0.15) is 0 Å². The number of amides is 1. The molecule has 0 spiro atoms. The highest BCUT2D eigenvalue weighted by molar-refractivity contribution is 5.92. The Bertz CT molecular complexity index is 442. The number of benzene rings is 1. The third-order valence-corrected chi connectivity index (χ3v) is 2.89. The average molecular weight is 229 g/mol. The number of ether oxygens (including phenoxy) is 1. The van der Waals surface area contributed by atoms with Crippen LogP contribution >= 0.6 is 0 Å². The minimum atomic E-state index is 0.0539. The Labute approximate surface area is 101 Å². The molecule has 1 aromatic carbocycles. The molecule has 0 unspecified atom stereocenters. The fraction of sp³-hybridized carbons (Fsp3) is 0.357. The van der Waals surface area contributed by atoms with E-state index in [1.165, 1.54) is 0 Å². The van der Waals surface area contributed by atoms with Crippen molar-refractivity contribution in [3.05, 3.63) is 29.8 Å². The van der Waals surface area contributed by atoms with E-state index >= 15 is 0 Å². The van der Waals surface area contributed by atoms with Gasteiger partial charge < -0.3 is 10.1 Å². The first-order chi connectivity index (χ1) is 8.29. The quantitative estimate of drug-likeness (QED) is 0.788. The number of terminal acetylenes is 1. The highest BCUT2D eigenvalue weighted by Gasteiger charge is 2.21. The van der Waals surface area contributed by atoms with E-state index in [1.54, 1.807) is 6.07 Å². The third-order valence-electron chi connectivity index (χ3n) is 2.89. The first-order valence-electron chi connectivity index (χ1n) is 5.75. The van der Waals surface area contributed by atoms with Crippen LogP contribution in [0.15, 0.2) is 24.3 Å². The van der Waals surface area contributed by atoms with Crippen molar-refractivity contribution in [1.29, 1.82) is 0 Å². The molecule has 0 aliphatic carbocycles. The number of hydrogen-bond donors (Lipinski definition) is 1. The van der Waals surface area contributed by atoms with Gasteiger partial charge in [0.15, 0.2) is 0 Å². The predicted molar refractivity (Wildman–Crippen MR) is 66.5 cm³/mol. The van der Waals surface area contributed by atoms with Gasteiger partial charge in [0.05, 0.1) is 0 Å². The molecule has 0 aromatic heterocycles. The zero-order chi connectivity index (χ0) is 12.1. The molecule has 88 valence electrons. The molecule has 1 N–H and O–H groups in total. The molecule has 17 heavy (non-hydrogen) atoms. The van der Waals surface area contributed by atoms with E-state index in [1.807, 2.05) is 18.2 Å². The smallest absolute Gasteiger partial charge is 0.227 e. The van der Waals surface area contributed by atoms with Gasteiger partial charge in [-0.15, -0.1) is 6.42 Å². The van der Waals surface area contributed by atoms with Crippen LogP contribution in [0.4, 0.5) is 5.69 Å². The summed E-state index contributed by atoms with van der Waals surface area (Å²) in [5.74, 6) is 2.66. The summed E-state index contributed by atoms with van der Waals surface area (Å²) in [7, 11) is 0. The maximum atomic E-state index is 11.9. The van der Waals surface area contributed by atoms with Crippen LogP contribution < -0.4 is 5.32 Å². The van der Waals surface area contributed by atoms with Gasteiger partial charge in [0, 0.05) is 30.4 Å². The Morgan fingerprint density at radius 1 is 1.41 bits per heavy atom. The number of anilines is 1. The minimum Gasteiger partial charge on any atom is -0.381 e. The maximum Gasteiger partial charge on any atom is 0.227 e. The molecule has 1 fully saturated rings. The minimum absolute atomic E-state index is 0.0539. The summed E-state index contributed by atoms with van der Waals surface area (Å²) in [6, 6.07) is 7.33. The van der Waals surface area contributed by atoms with Crippen LogP contribution in [-0.4, -0.2) is 19.1 Å². The molecule has 0 bridgehead atoms. The van der Waals surface area contributed by atoms with Crippen LogP contribution in [0, 0.1) is 18.3 Å². The summed E-state index contributed by atoms with van der Waals surface area (Å²) in [6.45, 7) is 1.34. The van der Waals surface area contributed by atoms with E-state index in [0.717, 1.165) is 24.1 Å². The number of hydrogen-bond acceptors (Lipinski definition) is 2. The summed E-state index contributed by atoms with van der Waals surface area (Å²) < 4.78 is 5.23. The van der Waals surface area contributed by atoms with E-state index in [4.69, 9.17) is 11.2 Å². The van der Waals surface area contributed by atoms with E-state index < -0.39 is 0 Å². The number of carbonyl (C=O) groups is 1. The van der Waals surface area contributed by atoms with Crippen molar-refractivity contribution in [2.75, 3.05) is 18.5 Å². The third kappa shape index (κ3) is 3.08. The largest absolute Gasteiger partial charge is 0.381 e. The monoisotopic (exact) mass is 229 g/mol. The van der Waals surface area contributed by atoms with E-state index in [0.29, 0.717) is 13.2 Å². The summed E-state index contributed by atoms with van der Waals surface area (Å²) >= 11 is 0. The second-order valence-electron chi connectivity index (χ2n) is 4.10. The molecule has 1 aromatic rings. The van der Waals surface area contributed by atoms with Crippen molar-refractivity contribution in [2.45, 2.75) is 12.8 Å². The van der Waals surface area contributed by atoms with Gasteiger partial charge in [-0.1, -0.05) is 12.0 Å². The zero-order valence-corrected chi connectivity index (χ0v) is 9.61. The van der Waals surface area contributed by atoms with E-state index in [-0.39, 0.29) is 11.8 Å². The van der Waals surface area contributed by atoms with Crippen LogP contribution in [0.5, 0.6) is 0 Å². The summed E-state index contributed by atoms with van der Waals surface area (Å²) in [5, 5.41) is 2.90. The normalized spacial score (nSPS) is 16.2. The van der Waals surface area contributed by atoms with Gasteiger partial charge in [-0.25, -0.2) is 0 Å². The molecule has 1 saturated heterocycles. The lowest BCUT2D eigenvalue weighted by molar-refractivity contribution is -0.122. The Kier molecular flexibility index (Phi) is 3.79. The van der Waals surface area contributed by atoms with Gasteiger partial charge in [0.2, 0.25) is 5.91 Å². The highest BCUT2D eigenvalue weighted by atomic mass is 16.5. The van der Waals surface area contributed by atoms with Gasteiger partial charge >= 0.3 is 0 Å². The SMILES string of the molecule is C#Cc1cccc(NC(=O)C2CCOCC2)c1. The number of nitrogens with one attached hydrogen (secondary N) is 1.